The Balaban J connectivity index is 2.23. The number of Topliss-reactive ketones (excluding diaryl/α,β-unsaturated/α-hetero) is 1. The van der Waals surface area contributed by atoms with Crippen LogP contribution in [-0.2, 0) is 15.1 Å². The lowest BCUT2D eigenvalue weighted by atomic mass is 9.57. The minimum atomic E-state index is -1.20. The minimum Gasteiger partial charge on any atom is -0.648 e. The molecule has 5 heteroatoms. The highest BCUT2D eigenvalue weighted by atomic mass is 35.5. The van der Waals surface area contributed by atoms with Crippen LogP contribution in [0, 0.1) is 16.7 Å². The average molecular weight is 384 g/mol. The quantitative estimate of drug-likeness (QED) is 0.706. The van der Waals surface area contributed by atoms with Crippen molar-refractivity contribution in [2.24, 2.45) is 16.7 Å². The number of carbonyl (C=O) groups is 2. The molecular weight excluding hydrogens is 360 g/mol. The van der Waals surface area contributed by atoms with Crippen LogP contribution >= 0.6 is 11.6 Å². The van der Waals surface area contributed by atoms with Crippen LogP contribution in [0.5, 0.6) is 0 Å². The second-order valence-electron chi connectivity index (χ2n) is 8.59. The Morgan fingerprint density at radius 2 is 1.93 bits per heavy atom. The molecule has 1 amide bonds. The summed E-state index contributed by atoms with van der Waals surface area (Å²) in [5.41, 5.74) is -0.168. The van der Waals surface area contributed by atoms with E-state index in [0.717, 1.165) is 16.8 Å². The van der Waals surface area contributed by atoms with Crippen LogP contribution in [0.15, 0.2) is 42.0 Å². The van der Waals surface area contributed by atoms with E-state index in [2.05, 4.69) is 6.58 Å². The summed E-state index contributed by atoms with van der Waals surface area (Å²) in [6.45, 7) is 9.88. The summed E-state index contributed by atoms with van der Waals surface area (Å²) in [7, 11) is 3.46. The summed E-state index contributed by atoms with van der Waals surface area (Å²) in [4.78, 5) is 28.9. The second-order valence-corrected chi connectivity index (χ2v) is 8.99. The van der Waals surface area contributed by atoms with E-state index in [0.29, 0.717) is 5.03 Å². The molecule has 4 unspecified atom stereocenters. The summed E-state index contributed by atoms with van der Waals surface area (Å²) in [6.07, 6.45) is 3.55. The lowest BCUT2D eigenvalue weighted by Crippen LogP contribution is -2.55. The van der Waals surface area contributed by atoms with E-state index < -0.39 is 28.2 Å². The van der Waals surface area contributed by atoms with Gasteiger partial charge >= 0.3 is 0 Å². The van der Waals surface area contributed by atoms with Crippen molar-refractivity contribution in [3.63, 3.8) is 0 Å². The van der Waals surface area contributed by atoms with E-state index in [9.17, 15) is 9.59 Å². The molecule has 0 spiro atoms. The highest BCUT2D eigenvalue weighted by Gasteiger charge is 2.62. The first-order valence-electron chi connectivity index (χ1n) is 9.17. The van der Waals surface area contributed by atoms with Gasteiger partial charge in [-0.05, 0) is 28.1 Å². The van der Waals surface area contributed by atoms with Gasteiger partial charge in [0.1, 0.15) is 5.78 Å². The molecule has 3 aliphatic rings. The van der Waals surface area contributed by atoms with Gasteiger partial charge < -0.3 is 10.2 Å². The van der Waals surface area contributed by atoms with Gasteiger partial charge in [0.2, 0.25) is 5.91 Å². The maximum Gasteiger partial charge on any atom is 0.234 e. The number of allylic oxidation sites excluding steroid dienone is 1. The number of hydrogen-bond donors (Lipinski definition) is 0. The molecule has 4 atom stereocenters. The molecule has 1 aromatic carbocycles. The number of ketones is 1. The predicted molar refractivity (Wildman–Crippen MR) is 108 cm³/mol. The summed E-state index contributed by atoms with van der Waals surface area (Å²) >= 11 is 6.78. The lowest BCUT2D eigenvalue weighted by Gasteiger charge is -2.59. The number of likely N-dealkylation sites (N-methyl/N-ethyl adjacent to an activating group) is 2. The summed E-state index contributed by atoms with van der Waals surface area (Å²) in [5, 5.41) is 5.25. The van der Waals surface area contributed by atoms with Crippen molar-refractivity contribution in [3.05, 3.63) is 58.4 Å². The summed E-state index contributed by atoms with van der Waals surface area (Å²) in [5.74, 6) is -0.930. The molecule has 4 rings (SSSR count). The van der Waals surface area contributed by atoms with Gasteiger partial charge in [-0.15, -0.1) is 6.58 Å². The molecule has 1 aromatic rings. The molecule has 0 radical (unpaired) electrons. The van der Waals surface area contributed by atoms with Gasteiger partial charge in [0.15, 0.2) is 0 Å². The highest BCUT2D eigenvalue weighted by Crippen LogP contribution is 2.66. The Morgan fingerprint density at radius 3 is 2.52 bits per heavy atom. The zero-order chi connectivity index (χ0) is 19.9. The normalized spacial score (nSPS) is 36.2. The SMILES string of the molecule is C=CC1(C)C(Cl)=CC2C(=O)C1([N-]C)c1cccc3c1C(C(=O)N3C)C2(C)C. The van der Waals surface area contributed by atoms with Crippen molar-refractivity contribution < 1.29 is 9.59 Å². The molecule has 0 saturated carbocycles. The van der Waals surface area contributed by atoms with Gasteiger partial charge in [0, 0.05) is 29.1 Å². The molecule has 1 heterocycles. The van der Waals surface area contributed by atoms with Gasteiger partial charge in [0.05, 0.1) is 5.92 Å². The van der Waals surface area contributed by atoms with Crippen LogP contribution in [0.25, 0.3) is 5.32 Å². The minimum absolute atomic E-state index is 0.0129. The van der Waals surface area contributed by atoms with Crippen LogP contribution in [0.1, 0.15) is 37.8 Å². The number of amides is 1. The fourth-order valence-corrected chi connectivity index (χ4v) is 5.83. The Bertz CT molecular complexity index is 934. The number of rotatable bonds is 2. The van der Waals surface area contributed by atoms with E-state index in [-0.39, 0.29) is 11.7 Å². The number of hydrogen-bond acceptors (Lipinski definition) is 2. The number of carbonyl (C=O) groups excluding carboxylic acids is 2. The smallest absolute Gasteiger partial charge is 0.234 e. The first-order valence-corrected chi connectivity index (χ1v) is 9.55. The number of anilines is 1. The van der Waals surface area contributed by atoms with Crippen LogP contribution in [0.4, 0.5) is 5.69 Å². The topological polar surface area (TPSA) is 51.5 Å². The zero-order valence-corrected chi connectivity index (χ0v) is 17.1. The van der Waals surface area contributed by atoms with E-state index >= 15 is 0 Å². The fraction of sp³-hybridized carbons (Fsp3) is 0.455. The monoisotopic (exact) mass is 383 g/mol. The average Bonchev–Trinajstić information content (AvgIpc) is 2.88. The van der Waals surface area contributed by atoms with Crippen LogP contribution in [0.2, 0.25) is 0 Å². The Morgan fingerprint density at radius 1 is 1.26 bits per heavy atom. The molecule has 0 N–H and O–H groups in total. The number of fused-ring (bicyclic) bond motifs is 3. The summed E-state index contributed by atoms with van der Waals surface area (Å²) in [6, 6.07) is 5.76. The number of benzene rings is 1. The zero-order valence-electron chi connectivity index (χ0n) is 16.3. The van der Waals surface area contributed by atoms with Crippen LogP contribution < -0.4 is 4.90 Å². The van der Waals surface area contributed by atoms with E-state index in [1.54, 1.807) is 25.1 Å². The summed E-state index contributed by atoms with van der Waals surface area (Å²) < 4.78 is 0. The van der Waals surface area contributed by atoms with Gasteiger partial charge in [-0.25, -0.2) is 0 Å². The Labute approximate surface area is 165 Å². The van der Waals surface area contributed by atoms with Crippen molar-refractivity contribution in [1.82, 2.24) is 0 Å². The Hall–Kier alpha value is -1.91. The molecule has 0 fully saturated rings. The Kier molecular flexibility index (Phi) is 3.64. The van der Waals surface area contributed by atoms with Gasteiger partial charge in [-0.3, -0.25) is 9.59 Å². The van der Waals surface area contributed by atoms with Gasteiger partial charge in [-0.2, -0.15) is 7.05 Å². The molecule has 27 heavy (non-hydrogen) atoms. The first kappa shape index (κ1) is 18.5. The number of nitrogens with zero attached hydrogens (tertiary/aromatic N) is 2. The van der Waals surface area contributed by atoms with Crippen LogP contribution in [0.3, 0.4) is 0 Å². The maximum absolute atomic E-state index is 14.0. The molecule has 2 aliphatic carbocycles. The number of halogens is 1. The largest absolute Gasteiger partial charge is 0.648 e. The second kappa shape index (κ2) is 5.33. The lowest BCUT2D eigenvalue weighted by molar-refractivity contribution is -0.133. The van der Waals surface area contributed by atoms with Crippen molar-refractivity contribution in [2.75, 3.05) is 19.0 Å². The fourth-order valence-electron chi connectivity index (χ4n) is 5.49. The predicted octanol–water partition coefficient (Wildman–Crippen LogP) is 4.50. The maximum atomic E-state index is 14.0. The van der Waals surface area contributed by atoms with Crippen molar-refractivity contribution >= 4 is 29.0 Å². The third-order valence-corrected chi connectivity index (χ3v) is 7.71. The molecule has 2 bridgehead atoms. The van der Waals surface area contributed by atoms with E-state index in [1.165, 1.54) is 0 Å². The molecule has 4 nitrogen and oxygen atoms in total. The standard InChI is InChI=1S/C22H24ClN2O2/c1-7-21(4)15(23)11-13-18(26)22(21,24-5)12-9-8-10-14-16(12)17(20(13,2)3)19(27)25(14)6/h7-11,13,17H,1H2,2-6H3/q-1. The van der Waals surface area contributed by atoms with Crippen molar-refractivity contribution in [1.29, 1.82) is 0 Å². The van der Waals surface area contributed by atoms with Crippen LogP contribution in [-0.4, -0.2) is 25.8 Å². The molecule has 0 saturated heterocycles. The third-order valence-electron chi connectivity index (χ3n) is 7.19. The molecule has 0 aromatic heterocycles. The highest BCUT2D eigenvalue weighted by molar-refractivity contribution is 6.32. The van der Waals surface area contributed by atoms with Crippen molar-refractivity contribution in [3.8, 4) is 0 Å². The van der Waals surface area contributed by atoms with Gasteiger partial charge in [0.25, 0.3) is 0 Å². The molecule has 142 valence electrons. The van der Waals surface area contributed by atoms with Gasteiger partial charge in [-0.1, -0.05) is 56.7 Å². The molecule has 1 aliphatic heterocycles. The van der Waals surface area contributed by atoms with E-state index in [4.69, 9.17) is 16.9 Å². The van der Waals surface area contributed by atoms with E-state index in [1.807, 2.05) is 45.0 Å². The van der Waals surface area contributed by atoms with Crippen molar-refractivity contribution in [2.45, 2.75) is 32.2 Å². The third kappa shape index (κ3) is 1.79. The molecular formula is C22H24ClN2O2-. The first-order chi connectivity index (χ1) is 12.6.